The van der Waals surface area contributed by atoms with Crippen LogP contribution in [0, 0.1) is 5.92 Å². The SMILES string of the molecule is O=C(Nc1cnc(-c2cccc(O)c2)nc1)C1CCN(S(=O)(=O)/C=C/c2ccccc2)CC1. The number of phenols is 1. The first-order chi connectivity index (χ1) is 15.9. The molecule has 1 amide bonds. The van der Waals surface area contributed by atoms with Crippen molar-refractivity contribution in [3.8, 4) is 17.1 Å². The minimum atomic E-state index is -3.54. The van der Waals surface area contributed by atoms with Gasteiger partial charge in [-0.3, -0.25) is 4.79 Å². The number of piperidine rings is 1. The smallest absolute Gasteiger partial charge is 0.236 e. The fraction of sp³-hybridized carbons (Fsp3) is 0.208. The van der Waals surface area contributed by atoms with Gasteiger partial charge >= 0.3 is 0 Å². The number of rotatable bonds is 6. The molecular weight excluding hydrogens is 440 g/mol. The summed E-state index contributed by atoms with van der Waals surface area (Å²) in [5, 5.41) is 13.6. The Morgan fingerprint density at radius 1 is 1.03 bits per heavy atom. The normalized spacial score (nSPS) is 15.5. The number of nitrogens with zero attached hydrogens (tertiary/aromatic N) is 3. The van der Waals surface area contributed by atoms with Crippen LogP contribution in [-0.2, 0) is 14.8 Å². The number of aromatic hydroxyl groups is 1. The van der Waals surface area contributed by atoms with E-state index >= 15 is 0 Å². The summed E-state index contributed by atoms with van der Waals surface area (Å²) in [6.07, 6.45) is 5.48. The summed E-state index contributed by atoms with van der Waals surface area (Å²) >= 11 is 0. The van der Waals surface area contributed by atoms with E-state index in [1.54, 1.807) is 30.3 Å². The zero-order valence-electron chi connectivity index (χ0n) is 17.8. The summed E-state index contributed by atoms with van der Waals surface area (Å²) in [6.45, 7) is 0.568. The number of nitrogens with one attached hydrogen (secondary N) is 1. The number of benzene rings is 2. The van der Waals surface area contributed by atoms with Gasteiger partial charge in [0.25, 0.3) is 0 Å². The molecule has 0 bridgehead atoms. The molecule has 0 radical (unpaired) electrons. The van der Waals surface area contributed by atoms with Crippen molar-refractivity contribution in [3.63, 3.8) is 0 Å². The summed E-state index contributed by atoms with van der Waals surface area (Å²) in [5.41, 5.74) is 1.94. The van der Waals surface area contributed by atoms with Crippen molar-refractivity contribution in [1.82, 2.24) is 14.3 Å². The van der Waals surface area contributed by atoms with Crippen LogP contribution < -0.4 is 5.32 Å². The third-order valence-corrected chi connectivity index (χ3v) is 7.01. The molecule has 33 heavy (non-hydrogen) atoms. The molecule has 4 rings (SSSR count). The maximum atomic E-state index is 12.7. The molecule has 0 spiro atoms. The summed E-state index contributed by atoms with van der Waals surface area (Å²) in [7, 11) is -3.54. The molecule has 1 aliphatic rings. The highest BCUT2D eigenvalue weighted by Gasteiger charge is 2.30. The van der Waals surface area contributed by atoms with Crippen molar-refractivity contribution in [2.75, 3.05) is 18.4 Å². The second kappa shape index (κ2) is 9.93. The van der Waals surface area contributed by atoms with Gasteiger partial charge in [0.05, 0.1) is 18.1 Å². The first-order valence-electron chi connectivity index (χ1n) is 10.6. The lowest BCUT2D eigenvalue weighted by atomic mass is 9.97. The number of sulfonamides is 1. The standard InChI is InChI=1S/C24H24N4O4S/c29-22-8-4-7-20(15-22)23-25-16-21(17-26-23)27-24(30)19-9-12-28(13-10-19)33(31,32)14-11-18-5-2-1-3-6-18/h1-8,11,14-17,19,29H,9-10,12-13H2,(H,27,30)/b14-11+. The van der Waals surface area contributed by atoms with Gasteiger partial charge in [0, 0.05) is 30.0 Å². The molecule has 8 nitrogen and oxygen atoms in total. The van der Waals surface area contributed by atoms with E-state index < -0.39 is 10.0 Å². The van der Waals surface area contributed by atoms with E-state index in [-0.39, 0.29) is 30.7 Å². The van der Waals surface area contributed by atoms with E-state index in [9.17, 15) is 18.3 Å². The van der Waals surface area contributed by atoms with Crippen LogP contribution in [0.5, 0.6) is 5.75 Å². The van der Waals surface area contributed by atoms with Crippen LogP contribution in [0.3, 0.4) is 0 Å². The van der Waals surface area contributed by atoms with Crippen molar-refractivity contribution >= 4 is 27.7 Å². The fourth-order valence-electron chi connectivity index (χ4n) is 3.62. The number of carbonyl (C=O) groups is 1. The van der Waals surface area contributed by atoms with Crippen LogP contribution in [0.1, 0.15) is 18.4 Å². The number of hydrogen-bond acceptors (Lipinski definition) is 6. The molecule has 9 heteroatoms. The fourth-order valence-corrected chi connectivity index (χ4v) is 4.84. The van der Waals surface area contributed by atoms with E-state index in [4.69, 9.17) is 0 Å². The minimum absolute atomic E-state index is 0.123. The van der Waals surface area contributed by atoms with Gasteiger partial charge < -0.3 is 10.4 Å². The zero-order valence-corrected chi connectivity index (χ0v) is 18.6. The quantitative estimate of drug-likeness (QED) is 0.577. The Bertz CT molecular complexity index is 1240. The number of carbonyl (C=O) groups excluding carboxylic acids is 1. The van der Waals surface area contributed by atoms with Crippen molar-refractivity contribution in [3.05, 3.63) is 78.0 Å². The largest absolute Gasteiger partial charge is 0.508 e. The van der Waals surface area contributed by atoms with Gasteiger partial charge in [-0.05, 0) is 36.6 Å². The van der Waals surface area contributed by atoms with Gasteiger partial charge in [-0.25, -0.2) is 18.4 Å². The van der Waals surface area contributed by atoms with Gasteiger partial charge in [0.15, 0.2) is 5.82 Å². The number of amides is 1. The van der Waals surface area contributed by atoms with E-state index in [1.807, 2.05) is 30.3 Å². The lowest BCUT2D eigenvalue weighted by Crippen LogP contribution is -2.40. The Kier molecular flexibility index (Phi) is 6.81. The van der Waals surface area contributed by atoms with Gasteiger partial charge in [-0.2, -0.15) is 4.31 Å². The van der Waals surface area contributed by atoms with Crippen molar-refractivity contribution in [1.29, 1.82) is 0 Å². The van der Waals surface area contributed by atoms with Crippen LogP contribution in [-0.4, -0.2) is 46.8 Å². The number of phenolic OH excluding ortho intramolecular Hbond substituents is 1. The monoisotopic (exact) mass is 464 g/mol. The highest BCUT2D eigenvalue weighted by molar-refractivity contribution is 7.92. The Morgan fingerprint density at radius 3 is 2.39 bits per heavy atom. The maximum absolute atomic E-state index is 12.7. The van der Waals surface area contributed by atoms with E-state index in [1.165, 1.54) is 22.1 Å². The van der Waals surface area contributed by atoms with Crippen molar-refractivity contribution in [2.24, 2.45) is 5.92 Å². The molecule has 1 aromatic heterocycles. The van der Waals surface area contributed by atoms with Gasteiger partial charge in [-0.1, -0.05) is 42.5 Å². The van der Waals surface area contributed by atoms with Crippen LogP contribution in [0.25, 0.3) is 17.5 Å². The summed E-state index contributed by atoms with van der Waals surface area (Å²) < 4.78 is 26.6. The van der Waals surface area contributed by atoms with E-state index in [2.05, 4.69) is 15.3 Å². The predicted molar refractivity (Wildman–Crippen MR) is 126 cm³/mol. The average Bonchev–Trinajstić information content (AvgIpc) is 2.84. The van der Waals surface area contributed by atoms with Crippen LogP contribution in [0.15, 0.2) is 72.4 Å². The van der Waals surface area contributed by atoms with Gasteiger partial charge in [0.1, 0.15) is 5.75 Å². The second-order valence-corrected chi connectivity index (χ2v) is 9.59. The molecule has 3 aromatic rings. The summed E-state index contributed by atoms with van der Waals surface area (Å²) in [6, 6.07) is 15.8. The maximum Gasteiger partial charge on any atom is 0.236 e. The van der Waals surface area contributed by atoms with Crippen molar-refractivity contribution in [2.45, 2.75) is 12.8 Å². The Morgan fingerprint density at radius 2 is 1.73 bits per heavy atom. The van der Waals surface area contributed by atoms with Crippen LogP contribution in [0.4, 0.5) is 5.69 Å². The van der Waals surface area contributed by atoms with Crippen LogP contribution >= 0.6 is 0 Å². The third kappa shape index (κ3) is 5.82. The first-order valence-corrected chi connectivity index (χ1v) is 12.1. The Balaban J connectivity index is 1.31. The Hall–Kier alpha value is -3.56. The second-order valence-electron chi connectivity index (χ2n) is 7.77. The number of hydrogen-bond donors (Lipinski definition) is 2. The lowest BCUT2D eigenvalue weighted by Gasteiger charge is -2.29. The molecule has 1 saturated heterocycles. The molecule has 2 N–H and O–H groups in total. The van der Waals surface area contributed by atoms with Crippen molar-refractivity contribution < 1.29 is 18.3 Å². The minimum Gasteiger partial charge on any atom is -0.508 e. The molecular formula is C24H24N4O4S. The third-order valence-electron chi connectivity index (χ3n) is 5.44. The predicted octanol–water partition coefficient (Wildman–Crippen LogP) is 3.50. The zero-order chi connectivity index (χ0) is 23.3. The molecule has 0 saturated carbocycles. The molecule has 0 unspecified atom stereocenters. The molecule has 2 heterocycles. The first kappa shape index (κ1) is 22.6. The summed E-state index contributed by atoms with van der Waals surface area (Å²) in [5.74, 6) is 0.0873. The van der Waals surface area contributed by atoms with Gasteiger partial charge in [-0.15, -0.1) is 0 Å². The highest BCUT2D eigenvalue weighted by atomic mass is 32.2. The highest BCUT2D eigenvalue weighted by Crippen LogP contribution is 2.23. The molecule has 2 aromatic carbocycles. The number of anilines is 1. The van der Waals surface area contributed by atoms with Gasteiger partial charge in [0.2, 0.25) is 15.9 Å². The molecule has 170 valence electrons. The van der Waals surface area contributed by atoms with E-state index in [0.29, 0.717) is 29.9 Å². The Labute approximate surface area is 192 Å². The average molecular weight is 465 g/mol. The molecule has 0 aliphatic carbocycles. The van der Waals surface area contributed by atoms with Crippen LogP contribution in [0.2, 0.25) is 0 Å². The lowest BCUT2D eigenvalue weighted by molar-refractivity contribution is -0.120. The van der Waals surface area contributed by atoms with E-state index in [0.717, 1.165) is 5.56 Å². The number of aromatic nitrogens is 2. The molecule has 1 fully saturated rings. The molecule has 1 aliphatic heterocycles. The molecule has 0 atom stereocenters. The topological polar surface area (TPSA) is 112 Å². The summed E-state index contributed by atoms with van der Waals surface area (Å²) in [4.78, 5) is 21.1.